The molecule has 3 amide bonds. The monoisotopic (exact) mass is 437 g/mol. The first kappa shape index (κ1) is 24.0. The van der Waals surface area contributed by atoms with E-state index in [4.69, 9.17) is 4.74 Å². The molecule has 2 rings (SSSR count). The molecule has 0 aliphatic carbocycles. The van der Waals surface area contributed by atoms with Crippen LogP contribution in [0.15, 0.2) is 30.3 Å². The van der Waals surface area contributed by atoms with Gasteiger partial charge in [-0.3, -0.25) is 4.79 Å². The van der Waals surface area contributed by atoms with Gasteiger partial charge in [-0.2, -0.15) is 5.21 Å². The summed E-state index contributed by atoms with van der Waals surface area (Å²) in [6.45, 7) is 3.90. The Morgan fingerprint density at radius 1 is 1.03 bits per heavy atom. The van der Waals surface area contributed by atoms with Crippen LogP contribution in [-0.2, 0) is 30.5 Å². The van der Waals surface area contributed by atoms with Crippen LogP contribution >= 0.6 is 0 Å². The number of hydrogen-bond donors (Lipinski definition) is 3. The average molecular weight is 437 g/mol. The zero-order chi connectivity index (χ0) is 23.6. The van der Waals surface area contributed by atoms with Gasteiger partial charge in [-0.1, -0.05) is 56.1 Å². The Morgan fingerprint density at radius 3 is 1.97 bits per heavy atom. The first-order valence-corrected chi connectivity index (χ1v) is 9.46. The van der Waals surface area contributed by atoms with E-state index in [1.165, 1.54) is 20.8 Å². The fraction of sp³-hybridized carbons (Fsp3) is 0.450. The molecule has 0 spiro atoms. The van der Waals surface area contributed by atoms with Crippen LogP contribution in [0.25, 0.3) is 0 Å². The zero-order valence-corrected chi connectivity index (χ0v) is 17.3. The van der Waals surface area contributed by atoms with E-state index in [1.54, 1.807) is 30.3 Å². The van der Waals surface area contributed by atoms with Crippen molar-refractivity contribution in [2.75, 3.05) is 0 Å². The smallest absolute Gasteiger partial charge is 0.459 e. The molecule has 1 aromatic carbocycles. The van der Waals surface area contributed by atoms with E-state index in [0.717, 1.165) is 0 Å². The van der Waals surface area contributed by atoms with E-state index < -0.39 is 64.8 Å². The summed E-state index contributed by atoms with van der Waals surface area (Å²) in [5.41, 5.74) is -0.727. The van der Waals surface area contributed by atoms with Crippen molar-refractivity contribution >= 4 is 29.8 Å². The van der Waals surface area contributed by atoms with Crippen molar-refractivity contribution < 1.29 is 48.9 Å². The standard InChI is InChI=1S/C20H24N2O9/c1-20(2,3)15(17(25)26)16(18(27)28)21(22(30)13(23)9-10-14(22)24)19(29)31-11-12-7-5-4-6-8-12/h4-8,15-16,30H,9-11H2,1-3H3,(H-,25,26,27,28)/p+1/t15?,16-/m0/s1. The molecule has 1 saturated heterocycles. The molecule has 3 N–H and O–H groups in total. The number of quaternary nitrogens is 1. The number of ether oxygens (including phenoxy) is 1. The van der Waals surface area contributed by atoms with Gasteiger partial charge in [0.15, 0.2) is 0 Å². The number of nitrogens with zero attached hydrogens (tertiary/aromatic N) is 2. The number of carboxylic acids is 2. The number of benzene rings is 1. The maximum Gasteiger partial charge on any atom is 0.459 e. The Bertz CT molecular complexity index is 876. The minimum atomic E-state index is -2.29. The van der Waals surface area contributed by atoms with Gasteiger partial charge < -0.3 is 14.9 Å². The summed E-state index contributed by atoms with van der Waals surface area (Å²) < 4.78 is 2.80. The lowest BCUT2D eigenvalue weighted by atomic mass is 9.76. The Balaban J connectivity index is 2.57. The van der Waals surface area contributed by atoms with Crippen LogP contribution in [0.5, 0.6) is 0 Å². The van der Waals surface area contributed by atoms with Crippen LogP contribution in [0, 0.1) is 11.3 Å². The van der Waals surface area contributed by atoms with Crippen LogP contribution in [0.3, 0.4) is 0 Å². The second-order valence-corrected chi connectivity index (χ2v) is 8.24. The third kappa shape index (κ3) is 4.72. The highest BCUT2D eigenvalue weighted by molar-refractivity contribution is 5.93. The molecule has 11 nitrogen and oxygen atoms in total. The Labute approximate surface area is 177 Å². The molecule has 1 unspecified atom stereocenters. The van der Waals surface area contributed by atoms with E-state index in [9.17, 15) is 39.4 Å². The summed E-state index contributed by atoms with van der Waals surface area (Å²) in [5.74, 6) is -7.53. The van der Waals surface area contributed by atoms with E-state index >= 15 is 0 Å². The Morgan fingerprint density at radius 2 is 1.55 bits per heavy atom. The van der Waals surface area contributed by atoms with Crippen molar-refractivity contribution in [2.24, 2.45) is 11.3 Å². The third-order valence-electron chi connectivity index (χ3n) is 4.98. The van der Waals surface area contributed by atoms with Crippen LogP contribution in [-0.4, -0.2) is 61.1 Å². The molecule has 1 heterocycles. The largest absolute Gasteiger partial charge is 0.481 e. The maximum absolute atomic E-state index is 13.0. The third-order valence-corrected chi connectivity index (χ3v) is 4.98. The lowest BCUT2D eigenvalue weighted by Crippen LogP contribution is -2.70. The second kappa shape index (κ2) is 8.82. The van der Waals surface area contributed by atoms with Crippen LogP contribution in [0.4, 0.5) is 4.79 Å². The molecule has 0 radical (unpaired) electrons. The average Bonchev–Trinajstić information content (AvgIpc) is 2.93. The fourth-order valence-electron chi connectivity index (χ4n) is 3.47. The van der Waals surface area contributed by atoms with Crippen LogP contribution in [0.1, 0.15) is 39.2 Å². The van der Waals surface area contributed by atoms with Gasteiger partial charge in [0.1, 0.15) is 6.61 Å². The van der Waals surface area contributed by atoms with E-state index in [0.29, 0.717) is 5.56 Å². The molecule has 1 aliphatic rings. The van der Waals surface area contributed by atoms with Crippen molar-refractivity contribution in [1.82, 2.24) is 5.01 Å². The number of amides is 3. The van der Waals surface area contributed by atoms with E-state index in [1.807, 2.05) is 0 Å². The van der Waals surface area contributed by atoms with Crippen molar-refractivity contribution in [3.8, 4) is 0 Å². The molecule has 2 atom stereocenters. The minimum absolute atomic E-state index is 0.0208. The second-order valence-electron chi connectivity index (χ2n) is 8.24. The van der Waals surface area contributed by atoms with E-state index in [2.05, 4.69) is 0 Å². The molecular formula is C20H25N2O9+. The first-order chi connectivity index (χ1) is 14.3. The SMILES string of the molecule is CC(C)(C)C(C(=O)O)[C@@H](C(=O)O)N(C(=O)OCc1ccccc1)[N+]1(O)C(=O)CCC1=O. The quantitative estimate of drug-likeness (QED) is 0.328. The van der Waals surface area contributed by atoms with Crippen molar-refractivity contribution in [2.45, 2.75) is 46.3 Å². The number of hydroxylamine groups is 2. The van der Waals surface area contributed by atoms with Crippen LogP contribution < -0.4 is 0 Å². The molecule has 168 valence electrons. The van der Waals surface area contributed by atoms with E-state index in [-0.39, 0.29) is 11.6 Å². The van der Waals surface area contributed by atoms with Gasteiger partial charge in [0.25, 0.3) is 0 Å². The van der Waals surface area contributed by atoms with Gasteiger partial charge in [-0.15, -0.1) is 0 Å². The highest BCUT2D eigenvalue weighted by atomic mass is 16.7. The highest BCUT2D eigenvalue weighted by Crippen LogP contribution is 2.36. The predicted octanol–water partition coefficient (Wildman–Crippen LogP) is 1.79. The molecular weight excluding hydrogens is 412 g/mol. The lowest BCUT2D eigenvalue weighted by molar-refractivity contribution is -1.06. The van der Waals surface area contributed by atoms with Crippen LogP contribution in [0.2, 0.25) is 0 Å². The number of imide groups is 1. The van der Waals surface area contributed by atoms with Crippen molar-refractivity contribution in [1.29, 1.82) is 0 Å². The lowest BCUT2D eigenvalue weighted by Gasteiger charge is -2.39. The van der Waals surface area contributed by atoms with Crippen molar-refractivity contribution in [3.05, 3.63) is 35.9 Å². The van der Waals surface area contributed by atoms with Gasteiger partial charge in [-0.05, 0) is 11.0 Å². The summed E-state index contributed by atoms with van der Waals surface area (Å²) >= 11 is 0. The molecule has 1 aliphatic heterocycles. The summed E-state index contributed by atoms with van der Waals surface area (Å²) in [6, 6.07) is 5.97. The Hall–Kier alpha value is -3.31. The summed E-state index contributed by atoms with van der Waals surface area (Å²) in [7, 11) is 0. The van der Waals surface area contributed by atoms with Gasteiger partial charge in [0, 0.05) is 4.76 Å². The zero-order valence-electron chi connectivity index (χ0n) is 17.3. The highest BCUT2D eigenvalue weighted by Gasteiger charge is 2.64. The summed E-state index contributed by atoms with van der Waals surface area (Å²) in [6.07, 6.45) is -2.41. The predicted molar refractivity (Wildman–Crippen MR) is 102 cm³/mol. The molecule has 31 heavy (non-hydrogen) atoms. The summed E-state index contributed by atoms with van der Waals surface area (Å²) in [5, 5.41) is 30.5. The van der Waals surface area contributed by atoms with Gasteiger partial charge in [0.2, 0.25) is 6.04 Å². The number of carbonyl (C=O) groups is 5. The first-order valence-electron chi connectivity index (χ1n) is 9.46. The molecule has 11 heteroatoms. The molecule has 1 fully saturated rings. The molecule has 0 bridgehead atoms. The van der Waals surface area contributed by atoms with Gasteiger partial charge >= 0.3 is 29.8 Å². The number of carbonyl (C=O) groups excluding carboxylic acids is 3. The molecule has 0 saturated carbocycles. The molecule has 0 aromatic heterocycles. The number of hydrogen-bond acceptors (Lipinski definition) is 7. The van der Waals surface area contributed by atoms with Crippen molar-refractivity contribution in [3.63, 3.8) is 0 Å². The normalized spacial score (nSPS) is 17.7. The minimum Gasteiger partial charge on any atom is -0.481 e. The maximum atomic E-state index is 13.0. The fourth-order valence-corrected chi connectivity index (χ4v) is 3.47. The topological polar surface area (TPSA) is 159 Å². The summed E-state index contributed by atoms with van der Waals surface area (Å²) in [4.78, 5) is 61.9. The molecule has 1 aromatic rings. The van der Waals surface area contributed by atoms with Gasteiger partial charge in [-0.25, -0.2) is 19.2 Å². The Kier molecular flexibility index (Phi) is 6.82. The van der Waals surface area contributed by atoms with Gasteiger partial charge in [0.05, 0.1) is 18.8 Å². The number of rotatable bonds is 7. The number of aliphatic carboxylic acids is 2. The number of carboxylic acid groups (broad SMARTS) is 2.